The van der Waals surface area contributed by atoms with Crippen molar-refractivity contribution in [2.45, 2.75) is 18.9 Å². The van der Waals surface area contributed by atoms with Crippen molar-refractivity contribution in [3.8, 4) is 10.9 Å². The molecule has 1 amide bonds. The van der Waals surface area contributed by atoms with E-state index < -0.39 is 0 Å². The number of piperidine rings is 1. The second-order valence-corrected chi connectivity index (χ2v) is 8.38. The summed E-state index contributed by atoms with van der Waals surface area (Å²) >= 11 is 7.69. The summed E-state index contributed by atoms with van der Waals surface area (Å²) in [6.07, 6.45) is 3.03. The molecule has 2 aromatic heterocycles. The number of nitrogens with zero attached hydrogens (tertiary/aromatic N) is 6. The molecule has 30 heavy (non-hydrogen) atoms. The number of carbonyl (C=O) groups excluding carboxylic acids is 1. The number of rotatable bonds is 4. The Balaban J connectivity index is 1.23. The Bertz CT molecular complexity index is 1190. The van der Waals surface area contributed by atoms with Crippen LogP contribution in [0.25, 0.3) is 15.9 Å². The highest BCUT2D eigenvalue weighted by atomic mass is 35.5. The van der Waals surface area contributed by atoms with Crippen LogP contribution in [0.2, 0.25) is 5.02 Å². The van der Waals surface area contributed by atoms with Crippen LogP contribution >= 0.6 is 22.9 Å². The third kappa shape index (κ3) is 3.73. The molecule has 1 fully saturated rings. The van der Waals surface area contributed by atoms with E-state index >= 15 is 0 Å². The SMILES string of the molecule is O=C(c1cccc(-n2cnnn2)c1)N1CCC(Oc2nc3c(Cl)cccc3s2)CC1. The van der Waals surface area contributed by atoms with Crippen molar-refractivity contribution in [3.63, 3.8) is 0 Å². The molecule has 5 rings (SSSR count). The highest BCUT2D eigenvalue weighted by molar-refractivity contribution is 7.20. The molecule has 152 valence electrons. The zero-order chi connectivity index (χ0) is 20.5. The van der Waals surface area contributed by atoms with Crippen LogP contribution in [-0.4, -0.2) is 55.2 Å². The third-order valence-corrected chi connectivity index (χ3v) is 6.27. The van der Waals surface area contributed by atoms with Gasteiger partial charge in [0.05, 0.1) is 15.4 Å². The van der Waals surface area contributed by atoms with E-state index in [-0.39, 0.29) is 12.0 Å². The number of tetrazole rings is 1. The predicted octanol–water partition coefficient (Wildman–Crippen LogP) is 3.61. The molecule has 4 aromatic rings. The van der Waals surface area contributed by atoms with Crippen molar-refractivity contribution in [2.24, 2.45) is 0 Å². The second kappa shape index (κ2) is 8.00. The Hall–Kier alpha value is -3.04. The summed E-state index contributed by atoms with van der Waals surface area (Å²) in [5.74, 6) is -0.00450. The maximum atomic E-state index is 12.9. The minimum atomic E-state index is -0.00450. The first-order valence-corrected chi connectivity index (χ1v) is 10.7. The number of benzene rings is 2. The van der Waals surface area contributed by atoms with Crippen molar-refractivity contribution in [2.75, 3.05) is 13.1 Å². The summed E-state index contributed by atoms with van der Waals surface area (Å²) in [6.45, 7) is 1.26. The summed E-state index contributed by atoms with van der Waals surface area (Å²) in [6, 6.07) is 13.0. The van der Waals surface area contributed by atoms with Gasteiger partial charge in [-0.15, -0.1) is 5.10 Å². The lowest BCUT2D eigenvalue weighted by atomic mass is 10.1. The molecule has 0 unspecified atom stereocenters. The molecule has 1 saturated heterocycles. The Morgan fingerprint density at radius 2 is 2.00 bits per heavy atom. The molecule has 0 radical (unpaired) electrons. The first kappa shape index (κ1) is 19.0. The number of halogens is 1. The van der Waals surface area contributed by atoms with Crippen LogP contribution in [0.4, 0.5) is 0 Å². The highest BCUT2D eigenvalue weighted by Gasteiger charge is 2.26. The molecular weight excluding hydrogens is 424 g/mol. The third-order valence-electron chi connectivity index (χ3n) is 5.05. The van der Waals surface area contributed by atoms with Gasteiger partial charge in [0, 0.05) is 31.5 Å². The van der Waals surface area contributed by atoms with Crippen molar-refractivity contribution >= 4 is 39.1 Å². The topological polar surface area (TPSA) is 86.0 Å². The Kier molecular flexibility index (Phi) is 5.06. The van der Waals surface area contributed by atoms with Crippen LogP contribution in [-0.2, 0) is 0 Å². The first-order valence-electron chi connectivity index (χ1n) is 9.52. The number of likely N-dealkylation sites (tertiary alicyclic amines) is 1. The van der Waals surface area contributed by atoms with Crippen LogP contribution in [0.1, 0.15) is 23.2 Å². The normalized spacial score (nSPS) is 14.9. The van der Waals surface area contributed by atoms with E-state index in [9.17, 15) is 4.79 Å². The largest absolute Gasteiger partial charge is 0.467 e. The average Bonchev–Trinajstić information content (AvgIpc) is 3.45. The summed E-state index contributed by atoms with van der Waals surface area (Å²) in [7, 11) is 0. The quantitative estimate of drug-likeness (QED) is 0.482. The fraction of sp³-hybridized carbons (Fsp3) is 0.250. The zero-order valence-electron chi connectivity index (χ0n) is 15.8. The summed E-state index contributed by atoms with van der Waals surface area (Å²) in [5.41, 5.74) is 2.14. The van der Waals surface area contributed by atoms with E-state index in [1.807, 2.05) is 41.3 Å². The molecule has 8 nitrogen and oxygen atoms in total. The van der Waals surface area contributed by atoms with Crippen LogP contribution < -0.4 is 4.74 Å². The van der Waals surface area contributed by atoms with Crippen LogP contribution in [0.3, 0.4) is 0 Å². The van der Waals surface area contributed by atoms with Gasteiger partial charge in [-0.05, 0) is 40.8 Å². The van der Waals surface area contributed by atoms with Gasteiger partial charge in [0.15, 0.2) is 0 Å². The minimum absolute atomic E-state index is 0.00450. The summed E-state index contributed by atoms with van der Waals surface area (Å²) in [4.78, 5) is 19.3. The Morgan fingerprint density at radius 1 is 1.17 bits per heavy atom. The van der Waals surface area contributed by atoms with Gasteiger partial charge >= 0.3 is 0 Å². The van der Waals surface area contributed by atoms with Gasteiger partial charge in [-0.25, -0.2) is 9.67 Å². The molecule has 3 heterocycles. The number of aromatic nitrogens is 5. The lowest BCUT2D eigenvalue weighted by Gasteiger charge is -2.31. The molecule has 1 aliphatic heterocycles. The van der Waals surface area contributed by atoms with Gasteiger partial charge in [-0.1, -0.05) is 35.1 Å². The van der Waals surface area contributed by atoms with Gasteiger partial charge in [-0.2, -0.15) is 0 Å². The van der Waals surface area contributed by atoms with Gasteiger partial charge in [-0.3, -0.25) is 4.79 Å². The number of amides is 1. The molecular formula is C20H17ClN6O2S. The van der Waals surface area contributed by atoms with Gasteiger partial charge in [0.2, 0.25) is 0 Å². The van der Waals surface area contributed by atoms with Crippen molar-refractivity contribution in [1.29, 1.82) is 0 Å². The number of carbonyl (C=O) groups is 1. The van der Waals surface area contributed by atoms with Gasteiger partial charge < -0.3 is 9.64 Å². The monoisotopic (exact) mass is 440 g/mol. The van der Waals surface area contributed by atoms with Crippen LogP contribution in [0, 0.1) is 0 Å². The van der Waals surface area contributed by atoms with Gasteiger partial charge in [0.25, 0.3) is 11.1 Å². The van der Waals surface area contributed by atoms with Gasteiger partial charge in [0.1, 0.15) is 17.9 Å². The van der Waals surface area contributed by atoms with Crippen molar-refractivity contribution < 1.29 is 9.53 Å². The summed E-state index contributed by atoms with van der Waals surface area (Å²) in [5, 5.41) is 12.4. The molecule has 0 N–H and O–H groups in total. The molecule has 0 atom stereocenters. The van der Waals surface area contributed by atoms with Crippen LogP contribution in [0.15, 0.2) is 48.8 Å². The fourth-order valence-electron chi connectivity index (χ4n) is 3.51. The maximum Gasteiger partial charge on any atom is 0.274 e. The molecule has 0 bridgehead atoms. The van der Waals surface area contributed by atoms with E-state index in [2.05, 4.69) is 20.5 Å². The fourth-order valence-corrected chi connectivity index (χ4v) is 4.69. The van der Waals surface area contributed by atoms with E-state index in [0.717, 1.165) is 28.7 Å². The van der Waals surface area contributed by atoms with E-state index in [0.29, 0.717) is 28.9 Å². The molecule has 0 saturated carbocycles. The first-order chi connectivity index (χ1) is 14.7. The van der Waals surface area contributed by atoms with E-state index in [1.165, 1.54) is 22.3 Å². The standard InChI is InChI=1S/C20H17ClN6O2S/c21-16-5-2-6-17-18(16)23-20(30-17)29-15-7-9-26(10-8-15)19(28)13-3-1-4-14(11-13)27-12-22-24-25-27/h1-6,11-12,15H,7-10H2. The maximum absolute atomic E-state index is 12.9. The van der Waals surface area contributed by atoms with E-state index in [1.54, 1.807) is 6.07 Å². The number of fused-ring (bicyclic) bond motifs is 1. The number of ether oxygens (including phenoxy) is 1. The second-order valence-electron chi connectivity index (χ2n) is 6.98. The summed E-state index contributed by atoms with van der Waals surface area (Å²) < 4.78 is 8.62. The van der Waals surface area contributed by atoms with E-state index in [4.69, 9.17) is 16.3 Å². The highest BCUT2D eigenvalue weighted by Crippen LogP contribution is 2.33. The Morgan fingerprint density at radius 3 is 2.77 bits per heavy atom. The zero-order valence-corrected chi connectivity index (χ0v) is 17.4. The molecule has 0 spiro atoms. The molecule has 2 aromatic carbocycles. The smallest absolute Gasteiger partial charge is 0.274 e. The van der Waals surface area contributed by atoms with Crippen molar-refractivity contribution in [3.05, 3.63) is 59.4 Å². The number of thiazole rings is 1. The number of hydrogen-bond acceptors (Lipinski definition) is 7. The predicted molar refractivity (Wildman–Crippen MR) is 113 cm³/mol. The lowest BCUT2D eigenvalue weighted by Crippen LogP contribution is -2.41. The Labute approximate surface area is 181 Å². The molecule has 10 heteroatoms. The molecule has 1 aliphatic rings. The number of hydrogen-bond donors (Lipinski definition) is 0. The molecule has 0 aliphatic carbocycles. The lowest BCUT2D eigenvalue weighted by molar-refractivity contribution is 0.0595. The minimum Gasteiger partial charge on any atom is -0.467 e. The number of para-hydroxylation sites is 1. The average molecular weight is 441 g/mol. The van der Waals surface area contributed by atoms with Crippen molar-refractivity contribution in [1.82, 2.24) is 30.1 Å². The van der Waals surface area contributed by atoms with Crippen LogP contribution in [0.5, 0.6) is 5.19 Å².